The minimum atomic E-state index is -3.58. The smallest absolute Gasteiger partial charge is 0.243 e. The topological polar surface area (TPSA) is 69.6 Å². The van der Waals surface area contributed by atoms with Crippen LogP contribution in [-0.2, 0) is 16.4 Å². The third-order valence-electron chi connectivity index (χ3n) is 3.08. The molecule has 0 aliphatic heterocycles. The van der Waals surface area contributed by atoms with Crippen LogP contribution in [0.5, 0.6) is 0 Å². The van der Waals surface area contributed by atoms with Crippen LogP contribution in [0.25, 0.3) is 0 Å². The van der Waals surface area contributed by atoms with E-state index in [2.05, 4.69) is 11.9 Å². The lowest BCUT2D eigenvalue weighted by molar-refractivity contribution is 0.260. The molecule has 0 bridgehead atoms. The van der Waals surface area contributed by atoms with Crippen LogP contribution in [0.15, 0.2) is 41.8 Å². The van der Waals surface area contributed by atoms with Crippen molar-refractivity contribution < 1.29 is 13.5 Å². The molecule has 1 rings (SSSR count). The van der Waals surface area contributed by atoms with Crippen molar-refractivity contribution in [2.75, 3.05) is 32.8 Å². The molecule has 0 saturated carbocycles. The van der Waals surface area contributed by atoms with E-state index in [0.29, 0.717) is 0 Å². The Morgan fingerprint density at radius 3 is 2.52 bits per heavy atom. The first-order chi connectivity index (χ1) is 10.1. The second kappa shape index (κ2) is 8.94. The largest absolute Gasteiger partial charge is 0.395 e. The molecule has 0 saturated heterocycles. The quantitative estimate of drug-likeness (QED) is 0.500. The summed E-state index contributed by atoms with van der Waals surface area (Å²) < 4.78 is 26.1. The molecule has 0 unspecified atom stereocenters. The van der Waals surface area contributed by atoms with Gasteiger partial charge in [0.2, 0.25) is 10.0 Å². The number of sulfonamides is 1. The van der Waals surface area contributed by atoms with E-state index in [4.69, 9.17) is 5.11 Å². The Morgan fingerprint density at radius 2 is 2.00 bits per heavy atom. The lowest BCUT2D eigenvalue weighted by Crippen LogP contribution is -2.33. The molecule has 1 aromatic carbocycles. The lowest BCUT2D eigenvalue weighted by Gasteiger charge is -2.19. The number of nitrogens with one attached hydrogen (secondary N) is 1. The number of likely N-dealkylation sites (N-methyl/N-ethyl adjacent to an activating group) is 1. The molecule has 0 aromatic heterocycles. The van der Waals surface area contributed by atoms with Crippen molar-refractivity contribution in [3.05, 3.63) is 42.5 Å². The molecule has 1 aromatic rings. The predicted octanol–water partition coefficient (Wildman–Crippen LogP) is 1.01. The molecule has 0 radical (unpaired) electrons. The minimum absolute atomic E-state index is 0.0660. The van der Waals surface area contributed by atoms with Crippen molar-refractivity contribution in [2.24, 2.45) is 0 Å². The van der Waals surface area contributed by atoms with Crippen molar-refractivity contribution in [3.63, 3.8) is 0 Å². The summed E-state index contributed by atoms with van der Waals surface area (Å²) >= 11 is 0. The van der Waals surface area contributed by atoms with Crippen molar-refractivity contribution in [3.8, 4) is 0 Å². The fourth-order valence-electron chi connectivity index (χ4n) is 1.95. The highest BCUT2D eigenvalue weighted by molar-refractivity contribution is 7.89. The number of nitrogens with zero attached hydrogens (tertiary/aromatic N) is 1. The summed E-state index contributed by atoms with van der Waals surface area (Å²) in [5.74, 6) is 0. The molecule has 0 amide bonds. The van der Waals surface area contributed by atoms with Gasteiger partial charge in [-0.15, -0.1) is 6.58 Å². The zero-order valence-corrected chi connectivity index (χ0v) is 13.3. The summed E-state index contributed by atoms with van der Waals surface area (Å²) in [4.78, 5) is 0.241. The van der Waals surface area contributed by atoms with E-state index < -0.39 is 10.0 Å². The first-order valence-corrected chi connectivity index (χ1v) is 8.51. The Morgan fingerprint density at radius 1 is 1.33 bits per heavy atom. The van der Waals surface area contributed by atoms with Gasteiger partial charge in [-0.25, -0.2) is 8.42 Å². The van der Waals surface area contributed by atoms with Gasteiger partial charge in [0.05, 0.1) is 11.5 Å². The van der Waals surface area contributed by atoms with Gasteiger partial charge in [0.25, 0.3) is 0 Å². The number of aliphatic hydroxyl groups is 1. The Bertz CT molecular complexity index is 526. The fraction of sp³-hybridized carbons (Fsp3) is 0.467. The first-order valence-electron chi connectivity index (χ1n) is 7.07. The number of aliphatic hydroxyl groups excluding tert-OH is 1. The summed E-state index contributed by atoms with van der Waals surface area (Å²) in [7, 11) is -3.58. The Hall–Kier alpha value is -1.21. The zero-order valence-electron chi connectivity index (χ0n) is 12.5. The average molecular weight is 312 g/mol. The first kappa shape index (κ1) is 17.8. The summed E-state index contributed by atoms with van der Waals surface area (Å²) in [6.45, 7) is 7.43. The van der Waals surface area contributed by atoms with E-state index >= 15 is 0 Å². The molecule has 0 aliphatic rings. The molecular formula is C15H24N2O3S. The molecule has 0 heterocycles. The average Bonchev–Trinajstić information content (AvgIpc) is 2.48. The van der Waals surface area contributed by atoms with E-state index in [-0.39, 0.29) is 24.6 Å². The number of hydrogen-bond acceptors (Lipinski definition) is 4. The van der Waals surface area contributed by atoms with Gasteiger partial charge >= 0.3 is 0 Å². The number of hydrogen-bond donors (Lipinski definition) is 2. The van der Waals surface area contributed by atoms with Crippen LogP contribution in [-0.4, -0.2) is 50.6 Å². The molecular weight excluding hydrogens is 288 g/mol. The van der Waals surface area contributed by atoms with Crippen LogP contribution in [0.2, 0.25) is 0 Å². The molecule has 0 fully saturated rings. The third-order valence-corrected chi connectivity index (χ3v) is 4.96. The Kier molecular flexibility index (Phi) is 7.60. The monoisotopic (exact) mass is 312 g/mol. The van der Waals surface area contributed by atoms with Gasteiger partial charge < -0.3 is 10.4 Å². The second-order valence-electron chi connectivity index (χ2n) is 4.62. The summed E-state index contributed by atoms with van der Waals surface area (Å²) in [6.07, 6.45) is 2.37. The van der Waals surface area contributed by atoms with Gasteiger partial charge in [-0.1, -0.05) is 25.1 Å². The van der Waals surface area contributed by atoms with Crippen molar-refractivity contribution in [1.82, 2.24) is 9.62 Å². The molecule has 2 N–H and O–H groups in total. The van der Waals surface area contributed by atoms with Gasteiger partial charge in [-0.05, 0) is 37.2 Å². The molecule has 0 atom stereocenters. The lowest BCUT2D eigenvalue weighted by atomic mass is 10.1. The molecule has 118 valence electrons. The maximum Gasteiger partial charge on any atom is 0.243 e. The van der Waals surface area contributed by atoms with Crippen LogP contribution in [0, 0.1) is 0 Å². The minimum Gasteiger partial charge on any atom is -0.395 e. The second-order valence-corrected chi connectivity index (χ2v) is 6.56. The molecule has 0 spiro atoms. The summed E-state index contributed by atoms with van der Waals surface area (Å²) in [5.41, 5.74) is 1.09. The van der Waals surface area contributed by atoms with Crippen LogP contribution in [0.4, 0.5) is 0 Å². The van der Waals surface area contributed by atoms with E-state index in [1.807, 2.05) is 19.1 Å². The van der Waals surface area contributed by atoms with E-state index in [1.54, 1.807) is 12.1 Å². The number of rotatable bonds is 10. The molecule has 5 nitrogen and oxygen atoms in total. The van der Waals surface area contributed by atoms with Gasteiger partial charge in [0, 0.05) is 13.1 Å². The van der Waals surface area contributed by atoms with Gasteiger partial charge in [-0.3, -0.25) is 0 Å². The van der Waals surface area contributed by atoms with E-state index in [0.717, 1.165) is 25.1 Å². The SMILES string of the molecule is C=CCN(CCO)S(=O)(=O)c1ccc(CCNCC)cc1. The molecule has 0 aliphatic carbocycles. The van der Waals surface area contributed by atoms with Crippen LogP contribution >= 0.6 is 0 Å². The predicted molar refractivity (Wildman–Crippen MR) is 84.7 cm³/mol. The normalized spacial score (nSPS) is 11.8. The number of benzene rings is 1. The third kappa shape index (κ3) is 5.24. The maximum atomic E-state index is 12.4. The van der Waals surface area contributed by atoms with Crippen molar-refractivity contribution >= 4 is 10.0 Å². The highest BCUT2D eigenvalue weighted by Gasteiger charge is 2.22. The highest BCUT2D eigenvalue weighted by Crippen LogP contribution is 2.16. The van der Waals surface area contributed by atoms with Crippen molar-refractivity contribution in [2.45, 2.75) is 18.2 Å². The Labute approximate surface area is 127 Å². The van der Waals surface area contributed by atoms with Crippen LogP contribution < -0.4 is 5.32 Å². The van der Waals surface area contributed by atoms with Crippen LogP contribution in [0.1, 0.15) is 12.5 Å². The van der Waals surface area contributed by atoms with Crippen LogP contribution in [0.3, 0.4) is 0 Å². The fourth-order valence-corrected chi connectivity index (χ4v) is 3.35. The Balaban J connectivity index is 2.85. The van der Waals surface area contributed by atoms with Gasteiger partial charge in [-0.2, -0.15) is 4.31 Å². The van der Waals surface area contributed by atoms with E-state index in [1.165, 1.54) is 10.4 Å². The maximum absolute atomic E-state index is 12.4. The van der Waals surface area contributed by atoms with E-state index in [9.17, 15) is 8.42 Å². The molecule has 21 heavy (non-hydrogen) atoms. The highest BCUT2D eigenvalue weighted by atomic mass is 32.2. The molecule has 6 heteroatoms. The zero-order chi connectivity index (χ0) is 15.7. The van der Waals surface area contributed by atoms with Gasteiger partial charge in [0.1, 0.15) is 0 Å². The summed E-state index contributed by atoms with van der Waals surface area (Å²) in [6, 6.07) is 6.89. The van der Waals surface area contributed by atoms with Gasteiger partial charge in [0.15, 0.2) is 0 Å². The standard InChI is InChI=1S/C15H24N2O3S/c1-3-11-17(12-13-18)21(19,20)15-7-5-14(6-8-15)9-10-16-4-2/h3,5-8,16,18H,1,4,9-13H2,2H3. The van der Waals surface area contributed by atoms with Crippen molar-refractivity contribution in [1.29, 1.82) is 0 Å². The summed E-state index contributed by atoms with van der Waals surface area (Å²) in [5, 5.41) is 12.2.